The summed E-state index contributed by atoms with van der Waals surface area (Å²) in [5.74, 6) is -4.83. The third-order valence-corrected chi connectivity index (χ3v) is 9.04. The van der Waals surface area contributed by atoms with E-state index in [-0.39, 0.29) is 17.7 Å². The van der Waals surface area contributed by atoms with E-state index in [1.165, 1.54) is 7.11 Å². The molecule has 0 unspecified atom stereocenters. The summed E-state index contributed by atoms with van der Waals surface area (Å²) in [6.45, 7) is -1.67. The second kappa shape index (κ2) is 16.2. The van der Waals surface area contributed by atoms with Gasteiger partial charge in [0.25, 0.3) is 0 Å². The fourth-order valence-electron chi connectivity index (χ4n) is 6.20. The smallest absolute Gasteiger partial charge is 0.337 e. The number of benzene rings is 1. The quantitative estimate of drug-likeness (QED) is 0.0469. The largest absolute Gasteiger partial charge is 0.504 e. The molecule has 19 nitrogen and oxygen atoms in total. The lowest BCUT2D eigenvalue weighted by molar-refractivity contribution is -0.352. The summed E-state index contributed by atoms with van der Waals surface area (Å²) < 4.78 is 38.1. The molecular formula is C32H40O19. The summed E-state index contributed by atoms with van der Waals surface area (Å²) in [5, 5.41) is 102. The van der Waals surface area contributed by atoms with Gasteiger partial charge in [-0.3, -0.25) is 0 Å². The van der Waals surface area contributed by atoms with Gasteiger partial charge in [-0.25, -0.2) is 9.59 Å². The van der Waals surface area contributed by atoms with Crippen molar-refractivity contribution in [3.63, 3.8) is 0 Å². The fraction of sp³-hybridized carbons (Fsp3) is 0.562. The van der Waals surface area contributed by atoms with Crippen molar-refractivity contribution in [3.05, 3.63) is 47.3 Å². The van der Waals surface area contributed by atoms with Gasteiger partial charge in [0.1, 0.15) is 55.4 Å². The number of phenols is 3. The van der Waals surface area contributed by atoms with Crippen LogP contribution in [0.4, 0.5) is 0 Å². The summed E-state index contributed by atoms with van der Waals surface area (Å²) in [6.07, 6.45) is -13.0. The van der Waals surface area contributed by atoms with Gasteiger partial charge in [-0.1, -0.05) is 6.08 Å². The number of phenolic OH excluding ortho intramolecular Hbond substituents is 3. The predicted molar refractivity (Wildman–Crippen MR) is 164 cm³/mol. The first-order chi connectivity index (χ1) is 24.2. The number of aromatic hydroxyl groups is 3. The monoisotopic (exact) mass is 728 g/mol. The Balaban J connectivity index is 1.20. The van der Waals surface area contributed by atoms with E-state index < -0.39 is 122 Å². The normalized spacial score (nSPS) is 36.5. The van der Waals surface area contributed by atoms with Crippen LogP contribution in [0.1, 0.15) is 12.0 Å². The average Bonchev–Trinajstić information content (AvgIpc) is 3.56. The van der Waals surface area contributed by atoms with Gasteiger partial charge in [-0.05, 0) is 35.8 Å². The lowest BCUT2D eigenvalue weighted by Crippen LogP contribution is -2.62. The van der Waals surface area contributed by atoms with Crippen molar-refractivity contribution in [2.75, 3.05) is 26.9 Å². The number of carbonyl (C=O) groups is 2. The molecule has 3 aliphatic heterocycles. The SMILES string of the molecule is COC(=O)C1=CO[C@@H](O[C@@H]2O[C@H](CO[C@@H]3O[C@H](COC(=O)/C=C/c4cc(O)c(O)c(O)c4)[C@@H](O)[C@H](O)[C@H]3O)[C@@H](O)[C@H](O)[C@H]2O)[C@@H]2C(CO)=CC[C@H]12. The molecule has 0 saturated carbocycles. The molecule has 0 spiro atoms. The van der Waals surface area contributed by atoms with E-state index in [1.54, 1.807) is 6.08 Å². The van der Waals surface area contributed by atoms with Crippen LogP contribution in [-0.4, -0.2) is 158 Å². The van der Waals surface area contributed by atoms with E-state index in [9.17, 15) is 60.7 Å². The second-order valence-electron chi connectivity index (χ2n) is 12.2. The highest BCUT2D eigenvalue weighted by molar-refractivity contribution is 5.89. The number of methoxy groups -OCH3 is 1. The Labute approximate surface area is 289 Å². The van der Waals surface area contributed by atoms with Crippen molar-refractivity contribution in [3.8, 4) is 17.2 Å². The van der Waals surface area contributed by atoms with Gasteiger partial charge in [0.2, 0.25) is 6.29 Å². The third-order valence-electron chi connectivity index (χ3n) is 9.04. The highest BCUT2D eigenvalue weighted by Crippen LogP contribution is 2.44. The minimum absolute atomic E-state index is 0.128. The van der Waals surface area contributed by atoms with Gasteiger partial charge in [-0.15, -0.1) is 0 Å². The zero-order valence-electron chi connectivity index (χ0n) is 26.9. The lowest BCUT2D eigenvalue weighted by Gasteiger charge is -2.44. The van der Waals surface area contributed by atoms with Crippen LogP contribution >= 0.6 is 0 Å². The zero-order valence-corrected chi connectivity index (χ0v) is 26.9. The highest BCUT2D eigenvalue weighted by Gasteiger charge is 2.51. The molecule has 5 rings (SSSR count). The number of hydrogen-bond donors (Lipinski definition) is 10. The van der Waals surface area contributed by atoms with Crippen LogP contribution in [0.15, 0.2) is 41.7 Å². The summed E-state index contributed by atoms with van der Waals surface area (Å²) in [4.78, 5) is 24.6. The number of hydrogen-bond acceptors (Lipinski definition) is 19. The van der Waals surface area contributed by atoms with Crippen LogP contribution in [-0.2, 0) is 42.7 Å². The molecule has 0 aromatic heterocycles. The highest BCUT2D eigenvalue weighted by atomic mass is 16.8. The fourth-order valence-corrected chi connectivity index (χ4v) is 6.20. The van der Waals surface area contributed by atoms with Gasteiger partial charge < -0.3 is 84.2 Å². The Morgan fingerprint density at radius 2 is 1.45 bits per heavy atom. The Bertz CT molecular complexity index is 1490. The number of fused-ring (bicyclic) bond motifs is 1. The van der Waals surface area contributed by atoms with Crippen molar-refractivity contribution in [2.24, 2.45) is 11.8 Å². The number of ether oxygens (including phenoxy) is 7. The maximum absolute atomic E-state index is 12.3. The van der Waals surface area contributed by atoms with Gasteiger partial charge in [0, 0.05) is 12.0 Å². The molecule has 0 radical (unpaired) electrons. The molecule has 2 saturated heterocycles. The molecule has 19 heteroatoms. The minimum Gasteiger partial charge on any atom is -0.504 e. The Kier molecular flexibility index (Phi) is 12.2. The first kappa shape index (κ1) is 38.4. The molecule has 1 aromatic carbocycles. The maximum atomic E-state index is 12.3. The number of carbonyl (C=O) groups excluding carboxylic acids is 2. The molecule has 10 N–H and O–H groups in total. The van der Waals surface area contributed by atoms with E-state index in [1.807, 2.05) is 0 Å². The number of rotatable bonds is 11. The van der Waals surface area contributed by atoms with Crippen LogP contribution < -0.4 is 0 Å². The first-order valence-electron chi connectivity index (χ1n) is 15.7. The van der Waals surface area contributed by atoms with Gasteiger partial charge in [0.05, 0.1) is 38.1 Å². The van der Waals surface area contributed by atoms with E-state index in [2.05, 4.69) is 0 Å². The standard InChI is InChI=1S/C32H40O19/c1-45-29(44)15-9-47-30(21-13(8-33)3-4-14(15)21)51-32-28(43)26(41)24(39)19(50-32)11-48-31-27(42)25(40)23(38)18(49-31)10-46-20(36)5-2-12-6-16(34)22(37)17(35)7-12/h2-3,5-7,9,14,18-19,21,23-28,30-35,37-43H,4,8,10-11H2,1H3/b5-2+/t14-,18-,19-,21-,23-,24-,25+,26+,27-,28-,30+,31-,32+/m1/s1. The molecular weight excluding hydrogens is 688 g/mol. The molecule has 4 aliphatic rings. The van der Waals surface area contributed by atoms with Crippen LogP contribution in [0.3, 0.4) is 0 Å². The predicted octanol–water partition coefficient (Wildman–Crippen LogP) is -3.02. The average molecular weight is 729 g/mol. The molecule has 2 fully saturated rings. The summed E-state index contributed by atoms with van der Waals surface area (Å²) in [6, 6.07) is 2.12. The van der Waals surface area contributed by atoms with E-state index in [0.717, 1.165) is 30.5 Å². The van der Waals surface area contributed by atoms with Crippen LogP contribution in [0.2, 0.25) is 0 Å². The van der Waals surface area contributed by atoms with Crippen LogP contribution in [0, 0.1) is 11.8 Å². The van der Waals surface area contributed by atoms with E-state index >= 15 is 0 Å². The third kappa shape index (κ3) is 8.13. The van der Waals surface area contributed by atoms with Crippen molar-refractivity contribution in [1.29, 1.82) is 0 Å². The molecule has 3 heterocycles. The minimum atomic E-state index is -1.86. The Morgan fingerprint density at radius 3 is 2.08 bits per heavy atom. The van der Waals surface area contributed by atoms with Crippen molar-refractivity contribution >= 4 is 18.0 Å². The summed E-state index contributed by atoms with van der Waals surface area (Å²) in [7, 11) is 1.20. The number of allylic oxidation sites excluding steroid dienone is 1. The van der Waals surface area contributed by atoms with Gasteiger partial charge in [-0.2, -0.15) is 0 Å². The Hall–Kier alpha value is -3.86. The molecule has 51 heavy (non-hydrogen) atoms. The zero-order chi connectivity index (χ0) is 37.1. The van der Waals surface area contributed by atoms with Gasteiger partial charge >= 0.3 is 11.9 Å². The van der Waals surface area contributed by atoms with Crippen LogP contribution in [0.5, 0.6) is 17.2 Å². The Morgan fingerprint density at radius 1 is 0.843 bits per heavy atom. The van der Waals surface area contributed by atoms with Gasteiger partial charge in [0.15, 0.2) is 29.8 Å². The van der Waals surface area contributed by atoms with E-state index in [4.69, 9.17) is 33.2 Å². The number of aliphatic hydroxyl groups is 7. The number of esters is 2. The maximum Gasteiger partial charge on any atom is 0.337 e. The van der Waals surface area contributed by atoms with Crippen molar-refractivity contribution in [2.45, 2.75) is 74.1 Å². The number of aliphatic hydroxyl groups excluding tert-OH is 7. The molecule has 1 aromatic rings. The molecule has 1 aliphatic carbocycles. The van der Waals surface area contributed by atoms with Crippen molar-refractivity contribution < 1.29 is 93.8 Å². The van der Waals surface area contributed by atoms with Crippen LogP contribution in [0.25, 0.3) is 6.08 Å². The summed E-state index contributed by atoms with van der Waals surface area (Å²) >= 11 is 0. The molecule has 282 valence electrons. The van der Waals surface area contributed by atoms with E-state index in [0.29, 0.717) is 12.0 Å². The van der Waals surface area contributed by atoms with Crippen molar-refractivity contribution in [1.82, 2.24) is 0 Å². The first-order valence-corrected chi connectivity index (χ1v) is 15.7. The topological polar surface area (TPSA) is 301 Å². The molecule has 13 atom stereocenters. The lowest BCUT2D eigenvalue weighted by atomic mass is 9.83. The molecule has 0 bridgehead atoms. The second-order valence-corrected chi connectivity index (χ2v) is 12.2. The molecule has 0 amide bonds. The summed E-state index contributed by atoms with van der Waals surface area (Å²) in [5.41, 5.74) is 0.820.